The van der Waals surface area contributed by atoms with Gasteiger partial charge in [0.05, 0.1) is 6.54 Å². The molecule has 3 aromatic rings. The van der Waals surface area contributed by atoms with Gasteiger partial charge in [-0.25, -0.2) is 4.79 Å². The fourth-order valence-electron chi connectivity index (χ4n) is 1.94. The average Bonchev–Trinajstić information content (AvgIpc) is 2.75. The Balaban J connectivity index is 2.08. The molecule has 0 amide bonds. The van der Waals surface area contributed by atoms with E-state index in [9.17, 15) is 9.59 Å². The number of nitrogens with one attached hydrogen (secondary N) is 1. The molecular formula is C13H9ClN2O3. The van der Waals surface area contributed by atoms with Gasteiger partial charge in [-0.2, -0.15) is 0 Å². The number of rotatable bonds is 2. The maximum Gasteiger partial charge on any atom is 0.417 e. The number of halogens is 1. The molecule has 19 heavy (non-hydrogen) atoms. The molecular weight excluding hydrogens is 268 g/mol. The highest BCUT2D eigenvalue weighted by Gasteiger charge is 2.08. The first-order valence-corrected chi connectivity index (χ1v) is 5.98. The second-order valence-corrected chi connectivity index (χ2v) is 4.57. The molecule has 1 aromatic carbocycles. The van der Waals surface area contributed by atoms with Crippen LogP contribution in [0.25, 0.3) is 11.1 Å². The zero-order valence-electron chi connectivity index (χ0n) is 9.72. The lowest BCUT2D eigenvalue weighted by atomic mass is 10.2. The van der Waals surface area contributed by atoms with Crippen LogP contribution in [0, 0.1) is 0 Å². The molecule has 2 aromatic heterocycles. The van der Waals surface area contributed by atoms with Crippen LogP contribution in [0.3, 0.4) is 0 Å². The molecule has 0 saturated carbocycles. The molecule has 0 aliphatic rings. The molecule has 0 bridgehead atoms. The van der Waals surface area contributed by atoms with Gasteiger partial charge in [-0.15, -0.1) is 0 Å². The first kappa shape index (κ1) is 11.8. The van der Waals surface area contributed by atoms with E-state index in [-0.39, 0.29) is 16.7 Å². The number of nitrogens with zero attached hydrogens (tertiary/aromatic N) is 1. The Hall–Kier alpha value is -2.27. The van der Waals surface area contributed by atoms with Gasteiger partial charge in [-0.3, -0.25) is 9.78 Å². The van der Waals surface area contributed by atoms with E-state index in [0.717, 1.165) is 5.56 Å². The summed E-state index contributed by atoms with van der Waals surface area (Å²) in [6.45, 7) is 0.378. The van der Waals surface area contributed by atoms with Crippen molar-refractivity contribution in [2.45, 2.75) is 6.54 Å². The fourth-order valence-corrected chi connectivity index (χ4v) is 2.15. The smallest absolute Gasteiger partial charge is 0.408 e. The average molecular weight is 277 g/mol. The normalized spacial score (nSPS) is 11.0. The summed E-state index contributed by atoms with van der Waals surface area (Å²) < 4.78 is 6.31. The Labute approximate surface area is 112 Å². The van der Waals surface area contributed by atoms with E-state index in [2.05, 4.69) is 4.98 Å². The van der Waals surface area contributed by atoms with Crippen LogP contribution in [0.2, 0.25) is 5.02 Å². The van der Waals surface area contributed by atoms with Crippen molar-refractivity contribution < 1.29 is 4.42 Å². The number of hydrogen-bond donors (Lipinski definition) is 1. The SMILES string of the molecule is O=c1[nH]c2c(=O)n(Cc3cccc(Cl)c3)ccc2o1. The van der Waals surface area contributed by atoms with Crippen molar-refractivity contribution in [1.82, 2.24) is 9.55 Å². The predicted molar refractivity (Wildman–Crippen MR) is 71.6 cm³/mol. The fraction of sp³-hybridized carbons (Fsp3) is 0.0769. The molecule has 0 spiro atoms. The summed E-state index contributed by atoms with van der Waals surface area (Å²) in [5.41, 5.74) is 1.04. The minimum absolute atomic E-state index is 0.175. The molecule has 2 heterocycles. The summed E-state index contributed by atoms with van der Waals surface area (Å²) >= 11 is 5.90. The molecule has 0 saturated heterocycles. The van der Waals surface area contributed by atoms with Gasteiger partial charge in [0.25, 0.3) is 5.56 Å². The van der Waals surface area contributed by atoms with Crippen molar-refractivity contribution in [3.05, 3.63) is 68.0 Å². The summed E-state index contributed by atoms with van der Waals surface area (Å²) in [6, 6.07) is 8.83. The molecule has 0 fully saturated rings. The van der Waals surface area contributed by atoms with Gasteiger partial charge in [0, 0.05) is 11.2 Å². The van der Waals surface area contributed by atoms with Crippen molar-refractivity contribution in [2.24, 2.45) is 0 Å². The zero-order valence-corrected chi connectivity index (χ0v) is 10.5. The lowest BCUT2D eigenvalue weighted by molar-refractivity contribution is 0.555. The van der Waals surface area contributed by atoms with E-state index in [4.69, 9.17) is 16.0 Å². The summed E-state index contributed by atoms with van der Waals surface area (Å²) in [5, 5.41) is 0.614. The maximum atomic E-state index is 12.1. The van der Waals surface area contributed by atoms with Crippen LogP contribution in [0.1, 0.15) is 5.56 Å². The van der Waals surface area contributed by atoms with Crippen LogP contribution in [0.4, 0.5) is 0 Å². The predicted octanol–water partition coefficient (Wildman–Crippen LogP) is 1.98. The number of pyridine rings is 1. The molecule has 96 valence electrons. The molecule has 3 rings (SSSR count). The molecule has 0 aliphatic carbocycles. The summed E-state index contributed by atoms with van der Waals surface area (Å²) in [4.78, 5) is 25.6. The zero-order chi connectivity index (χ0) is 13.4. The number of fused-ring (bicyclic) bond motifs is 1. The molecule has 5 nitrogen and oxygen atoms in total. The third-order valence-corrected chi connectivity index (χ3v) is 3.03. The topological polar surface area (TPSA) is 68.0 Å². The number of aromatic nitrogens is 2. The van der Waals surface area contributed by atoms with E-state index in [0.29, 0.717) is 11.6 Å². The minimum Gasteiger partial charge on any atom is -0.408 e. The van der Waals surface area contributed by atoms with Crippen LogP contribution < -0.4 is 11.3 Å². The van der Waals surface area contributed by atoms with Gasteiger partial charge in [-0.05, 0) is 23.8 Å². The van der Waals surface area contributed by atoms with Gasteiger partial charge in [0.2, 0.25) is 0 Å². The van der Waals surface area contributed by atoms with Gasteiger partial charge in [0.1, 0.15) is 0 Å². The summed E-state index contributed by atoms with van der Waals surface area (Å²) in [6.07, 6.45) is 1.59. The van der Waals surface area contributed by atoms with Gasteiger partial charge in [-0.1, -0.05) is 23.7 Å². The molecule has 0 unspecified atom stereocenters. The number of H-pyrrole nitrogens is 1. The standard InChI is InChI=1S/C13H9ClN2O3/c14-9-3-1-2-8(6-9)7-16-5-4-10-11(12(16)17)15-13(18)19-10/h1-6H,7H2,(H,15,18). The molecule has 0 radical (unpaired) electrons. The van der Waals surface area contributed by atoms with Crippen LogP contribution in [0.15, 0.2) is 50.5 Å². The lowest BCUT2D eigenvalue weighted by Gasteiger charge is -2.05. The van der Waals surface area contributed by atoms with Crippen LogP contribution >= 0.6 is 11.6 Å². The van der Waals surface area contributed by atoms with Crippen molar-refractivity contribution in [3.8, 4) is 0 Å². The maximum absolute atomic E-state index is 12.1. The first-order valence-electron chi connectivity index (χ1n) is 5.60. The molecule has 0 aliphatic heterocycles. The monoisotopic (exact) mass is 276 g/mol. The second-order valence-electron chi connectivity index (χ2n) is 4.13. The highest BCUT2D eigenvalue weighted by Crippen LogP contribution is 2.12. The quantitative estimate of drug-likeness (QED) is 0.778. The Kier molecular flexibility index (Phi) is 2.76. The number of oxazole rings is 1. The van der Waals surface area contributed by atoms with E-state index in [1.165, 1.54) is 4.57 Å². The van der Waals surface area contributed by atoms with Crippen LogP contribution in [0.5, 0.6) is 0 Å². The van der Waals surface area contributed by atoms with Crippen molar-refractivity contribution in [1.29, 1.82) is 0 Å². The van der Waals surface area contributed by atoms with Gasteiger partial charge < -0.3 is 8.98 Å². The van der Waals surface area contributed by atoms with Crippen molar-refractivity contribution in [2.75, 3.05) is 0 Å². The van der Waals surface area contributed by atoms with Crippen LogP contribution in [-0.2, 0) is 6.54 Å². The van der Waals surface area contributed by atoms with E-state index >= 15 is 0 Å². The highest BCUT2D eigenvalue weighted by atomic mass is 35.5. The highest BCUT2D eigenvalue weighted by molar-refractivity contribution is 6.30. The minimum atomic E-state index is -0.632. The Morgan fingerprint density at radius 1 is 1.26 bits per heavy atom. The number of hydrogen-bond acceptors (Lipinski definition) is 3. The first-order chi connectivity index (χ1) is 9.13. The molecule has 6 heteroatoms. The second kappa shape index (κ2) is 4.44. The van der Waals surface area contributed by atoms with Gasteiger partial charge in [0.15, 0.2) is 11.1 Å². The van der Waals surface area contributed by atoms with E-state index in [1.54, 1.807) is 24.4 Å². The van der Waals surface area contributed by atoms with Gasteiger partial charge >= 0.3 is 5.76 Å². The number of aromatic amines is 1. The Bertz CT molecular complexity index is 860. The van der Waals surface area contributed by atoms with Crippen molar-refractivity contribution in [3.63, 3.8) is 0 Å². The molecule has 1 N–H and O–H groups in total. The number of benzene rings is 1. The van der Waals surface area contributed by atoms with E-state index < -0.39 is 5.76 Å². The largest absolute Gasteiger partial charge is 0.417 e. The summed E-state index contributed by atoms with van der Waals surface area (Å²) in [7, 11) is 0. The van der Waals surface area contributed by atoms with Crippen molar-refractivity contribution >= 4 is 22.7 Å². The van der Waals surface area contributed by atoms with E-state index in [1.807, 2.05) is 12.1 Å². The third-order valence-electron chi connectivity index (χ3n) is 2.80. The lowest BCUT2D eigenvalue weighted by Crippen LogP contribution is -2.20. The third kappa shape index (κ3) is 2.20. The Morgan fingerprint density at radius 2 is 2.11 bits per heavy atom. The Morgan fingerprint density at radius 3 is 2.89 bits per heavy atom. The van der Waals surface area contributed by atoms with Crippen LogP contribution in [-0.4, -0.2) is 9.55 Å². The molecule has 0 atom stereocenters. The summed E-state index contributed by atoms with van der Waals surface area (Å²) in [5.74, 6) is -0.632.